The summed E-state index contributed by atoms with van der Waals surface area (Å²) >= 11 is 0. The Morgan fingerprint density at radius 2 is 1.67 bits per heavy atom. The smallest absolute Gasteiger partial charge is 0.366 e. The first-order chi connectivity index (χ1) is 7.97. The number of nitrogens with two attached hydrogens (primary N) is 1. The van der Waals surface area contributed by atoms with E-state index >= 15 is 0 Å². The fourth-order valence-electron chi connectivity index (χ4n) is 0.407. The predicted molar refractivity (Wildman–Crippen MR) is 71.4 cm³/mol. The third-order valence-electron chi connectivity index (χ3n) is 1.11. The highest BCUT2D eigenvalue weighted by Gasteiger charge is 1.94. The van der Waals surface area contributed by atoms with Gasteiger partial charge in [-0.1, -0.05) is 13.0 Å². The molecule has 0 aliphatic carbocycles. The molecule has 0 fully saturated rings. The molecule has 3 N–H and O–H groups in total. The number of hydrogen-bond acceptors (Lipinski definition) is 5. The minimum Gasteiger partial charge on any atom is -0.366 e. The highest BCUT2D eigenvalue weighted by Crippen LogP contribution is 1.91. The van der Waals surface area contributed by atoms with E-state index < -0.39 is 10.4 Å². The average Bonchev–Trinajstić information content (AvgIpc) is 2.17. The molecule has 0 spiro atoms. The molecule has 0 saturated carbocycles. The molecule has 0 aromatic heterocycles. The van der Waals surface area contributed by atoms with Crippen LogP contribution in [0.1, 0.15) is 20.3 Å². The Bertz CT molecular complexity index is 333. The monoisotopic (exact) mass is 284 g/mol. The van der Waals surface area contributed by atoms with E-state index in [9.17, 15) is 13.2 Å². The lowest BCUT2D eigenvalue weighted by atomic mass is 10.2. The molecule has 7 nitrogen and oxygen atoms in total. The maximum Gasteiger partial charge on any atom is 0.397 e. The summed E-state index contributed by atoms with van der Waals surface area (Å²) in [5.74, 6) is -0.327. The van der Waals surface area contributed by atoms with E-state index in [-0.39, 0.29) is 5.91 Å². The third-order valence-corrected chi connectivity index (χ3v) is 1.53. The molecule has 0 heterocycles. The van der Waals surface area contributed by atoms with Gasteiger partial charge in [0.15, 0.2) is 0 Å². The fraction of sp³-hybridized carbons (Fsp3) is 0.700. The van der Waals surface area contributed by atoms with Crippen LogP contribution in [0, 0.1) is 0 Å². The minimum atomic E-state index is -4.16. The van der Waals surface area contributed by atoms with E-state index in [1.54, 1.807) is 6.92 Å². The molecule has 0 aliphatic rings. The molecule has 0 radical (unpaired) electrons. The number of primary amides is 1. The molecule has 1 amide bonds. The number of nitrogens with zero attached hydrogens (tertiary/aromatic N) is 1. The fourth-order valence-corrected chi connectivity index (χ4v) is 0.407. The molecule has 0 aromatic rings. The number of amides is 1. The van der Waals surface area contributed by atoms with Crippen LogP contribution in [0.5, 0.6) is 0 Å². The number of allylic oxidation sites excluding steroid dienone is 1. The molecule has 0 aliphatic heterocycles. The van der Waals surface area contributed by atoms with Gasteiger partial charge in [-0.15, -0.1) is 0 Å². The van der Waals surface area contributed by atoms with Crippen molar-refractivity contribution < 1.29 is 21.9 Å². The quantitative estimate of drug-likeness (QED) is 0.575. The van der Waals surface area contributed by atoms with Gasteiger partial charge in [0.1, 0.15) is 0 Å². The molecular formula is C10H24N2O5S. The average molecular weight is 284 g/mol. The van der Waals surface area contributed by atoms with Crippen LogP contribution in [0.4, 0.5) is 0 Å². The number of carbonyl (C=O) groups is 1. The summed E-state index contributed by atoms with van der Waals surface area (Å²) in [6.07, 6.45) is 2.68. The van der Waals surface area contributed by atoms with Crippen LogP contribution < -0.4 is 5.73 Å². The van der Waals surface area contributed by atoms with Gasteiger partial charge in [0, 0.05) is 5.57 Å². The Morgan fingerprint density at radius 3 is 1.72 bits per heavy atom. The van der Waals surface area contributed by atoms with Crippen LogP contribution in [-0.4, -0.2) is 52.0 Å². The molecule has 8 heteroatoms. The van der Waals surface area contributed by atoms with E-state index in [0.717, 1.165) is 13.5 Å². The van der Waals surface area contributed by atoms with Crippen molar-refractivity contribution in [3.8, 4) is 0 Å². The van der Waals surface area contributed by atoms with Gasteiger partial charge >= 0.3 is 10.4 Å². The van der Waals surface area contributed by atoms with Crippen LogP contribution in [0.25, 0.3) is 0 Å². The van der Waals surface area contributed by atoms with E-state index in [0.29, 0.717) is 5.57 Å². The van der Waals surface area contributed by atoms with E-state index in [2.05, 4.69) is 4.18 Å². The van der Waals surface area contributed by atoms with Crippen molar-refractivity contribution >= 4 is 16.3 Å². The first-order valence-corrected chi connectivity index (χ1v) is 6.44. The van der Waals surface area contributed by atoms with Gasteiger partial charge in [-0.05, 0) is 34.5 Å². The number of rotatable bonds is 3. The Hall–Kier alpha value is -0.960. The van der Waals surface area contributed by atoms with Crippen molar-refractivity contribution in [2.24, 2.45) is 5.73 Å². The van der Waals surface area contributed by atoms with Gasteiger partial charge in [-0.25, -0.2) is 0 Å². The Morgan fingerprint density at radius 1 is 1.39 bits per heavy atom. The van der Waals surface area contributed by atoms with Crippen molar-refractivity contribution in [2.75, 3.05) is 28.3 Å². The lowest BCUT2D eigenvalue weighted by molar-refractivity contribution is -0.114. The van der Waals surface area contributed by atoms with Gasteiger partial charge in [0.05, 0.1) is 7.11 Å². The van der Waals surface area contributed by atoms with Crippen LogP contribution in [0.3, 0.4) is 0 Å². The normalized spacial score (nSPS) is 11.0. The van der Waals surface area contributed by atoms with Crippen molar-refractivity contribution in [2.45, 2.75) is 20.3 Å². The van der Waals surface area contributed by atoms with Crippen molar-refractivity contribution in [1.82, 2.24) is 4.90 Å². The maximum atomic E-state index is 10.2. The molecule has 0 bridgehead atoms. The summed E-state index contributed by atoms with van der Waals surface area (Å²) in [7, 11) is 2.71. The molecule has 0 saturated heterocycles. The highest BCUT2D eigenvalue weighted by molar-refractivity contribution is 7.80. The molecule has 18 heavy (non-hydrogen) atoms. The second kappa shape index (κ2) is 12.5. The van der Waals surface area contributed by atoms with Crippen LogP contribution in [0.15, 0.2) is 11.6 Å². The first-order valence-electron chi connectivity index (χ1n) is 5.08. The summed E-state index contributed by atoms with van der Waals surface area (Å²) in [5, 5.41) is 0. The highest BCUT2D eigenvalue weighted by atomic mass is 32.3. The van der Waals surface area contributed by atoms with Crippen molar-refractivity contribution in [1.29, 1.82) is 0 Å². The summed E-state index contributed by atoms with van der Waals surface area (Å²) < 4.78 is 29.7. The van der Waals surface area contributed by atoms with E-state index in [1.807, 2.05) is 39.0 Å². The van der Waals surface area contributed by atoms with Crippen molar-refractivity contribution in [3.05, 3.63) is 11.6 Å². The third kappa shape index (κ3) is 36.3. The van der Waals surface area contributed by atoms with Crippen LogP contribution in [0.2, 0.25) is 0 Å². The van der Waals surface area contributed by atoms with E-state index in [4.69, 9.17) is 10.3 Å². The van der Waals surface area contributed by atoms with Gasteiger partial charge in [-0.3, -0.25) is 13.5 Å². The number of carbonyl (C=O) groups excluding carboxylic acids is 1. The van der Waals surface area contributed by atoms with Gasteiger partial charge in [-0.2, -0.15) is 8.42 Å². The predicted octanol–water partition coefficient (Wildman–Crippen LogP) is 0.441. The SMILES string of the molecule is CCC=C(C)C(N)=O.CN(C)C.COS(=O)(=O)O. The van der Waals surface area contributed by atoms with Crippen LogP contribution in [-0.2, 0) is 19.4 Å². The van der Waals surface area contributed by atoms with Gasteiger partial charge in [0.2, 0.25) is 5.91 Å². The topological polar surface area (TPSA) is 110 Å². The van der Waals surface area contributed by atoms with Crippen molar-refractivity contribution in [3.63, 3.8) is 0 Å². The maximum absolute atomic E-state index is 10.2. The largest absolute Gasteiger partial charge is 0.397 e. The van der Waals surface area contributed by atoms with Gasteiger partial charge < -0.3 is 10.6 Å². The Kier molecular flexibility index (Phi) is 15.4. The zero-order valence-electron chi connectivity index (χ0n) is 11.8. The molecular weight excluding hydrogens is 260 g/mol. The second-order valence-electron chi connectivity index (χ2n) is 3.60. The molecule has 0 unspecified atom stereocenters. The summed E-state index contributed by atoms with van der Waals surface area (Å²) in [5.41, 5.74) is 5.56. The Balaban J connectivity index is -0.000000200. The van der Waals surface area contributed by atoms with Crippen LogP contribution >= 0.6 is 0 Å². The molecule has 0 rings (SSSR count). The minimum absolute atomic E-state index is 0.327. The Labute approximate surface area is 110 Å². The lowest BCUT2D eigenvalue weighted by Gasteiger charge is -1.90. The molecule has 110 valence electrons. The zero-order valence-corrected chi connectivity index (χ0v) is 12.6. The first kappa shape index (κ1) is 22.2. The molecule has 0 aromatic carbocycles. The van der Waals surface area contributed by atoms with Gasteiger partial charge in [0.25, 0.3) is 0 Å². The second-order valence-corrected chi connectivity index (χ2v) is 4.78. The summed E-state index contributed by atoms with van der Waals surface area (Å²) in [4.78, 5) is 12.2. The molecule has 0 atom stereocenters. The lowest BCUT2D eigenvalue weighted by Crippen LogP contribution is -2.11. The number of hydrogen-bond donors (Lipinski definition) is 2. The zero-order chi connectivity index (χ0) is 15.4. The summed E-state index contributed by atoms with van der Waals surface area (Å²) in [6, 6.07) is 0. The van der Waals surface area contributed by atoms with E-state index in [1.165, 1.54) is 0 Å². The standard InChI is InChI=1S/C6H11NO.C3H9N.CH4O4S/c1-3-4-5(2)6(7)8;1-4(2)3;1-5-6(2,3)4/h4H,3H2,1-2H3,(H2,7,8);1-3H3;1H3,(H,2,3,4). The summed E-state index contributed by atoms with van der Waals surface area (Å²) in [6.45, 7) is 3.68.